The van der Waals surface area contributed by atoms with Gasteiger partial charge in [0.15, 0.2) is 0 Å². The number of H-pyrrole nitrogens is 1. The molecule has 0 fully saturated rings. The second kappa shape index (κ2) is 7.94. The Balaban J connectivity index is 2.34. The lowest BCUT2D eigenvalue weighted by Gasteiger charge is -2.20. The fourth-order valence-electron chi connectivity index (χ4n) is 2.24. The minimum Gasteiger partial charge on any atom is -0.347 e. The lowest BCUT2D eigenvalue weighted by Crippen LogP contribution is -2.28. The molecular weight excluding hydrogens is 240 g/mol. The summed E-state index contributed by atoms with van der Waals surface area (Å²) >= 11 is 0. The summed E-state index contributed by atoms with van der Waals surface area (Å²) in [5.74, 6) is 1.95. The van der Waals surface area contributed by atoms with Crippen LogP contribution in [0.2, 0.25) is 0 Å². The van der Waals surface area contributed by atoms with E-state index in [-0.39, 0.29) is 11.9 Å². The number of nitrogens with zero attached hydrogens (tertiary/aromatic N) is 1. The second-order valence-electron chi connectivity index (χ2n) is 5.38. The molecule has 2 atom stereocenters. The van der Waals surface area contributed by atoms with Crippen LogP contribution in [0.5, 0.6) is 0 Å². The van der Waals surface area contributed by atoms with E-state index in [1.165, 1.54) is 0 Å². The summed E-state index contributed by atoms with van der Waals surface area (Å²) in [4.78, 5) is 19.0. The Labute approximate surface area is 115 Å². The van der Waals surface area contributed by atoms with Gasteiger partial charge in [-0.1, -0.05) is 13.8 Å². The molecule has 4 N–H and O–H groups in total. The Kier molecular flexibility index (Phi) is 6.56. The number of nitrogens with one attached hydrogen (secondary N) is 2. The van der Waals surface area contributed by atoms with Crippen molar-refractivity contribution in [3.8, 4) is 0 Å². The first-order valence-electron chi connectivity index (χ1n) is 7.03. The highest BCUT2D eigenvalue weighted by Gasteiger charge is 2.16. The summed E-state index contributed by atoms with van der Waals surface area (Å²) in [5.41, 5.74) is 5.61. The van der Waals surface area contributed by atoms with Crippen LogP contribution in [-0.4, -0.2) is 22.4 Å². The Morgan fingerprint density at radius 3 is 2.68 bits per heavy atom. The van der Waals surface area contributed by atoms with Gasteiger partial charge in [-0.15, -0.1) is 0 Å². The van der Waals surface area contributed by atoms with Crippen molar-refractivity contribution in [1.82, 2.24) is 15.3 Å². The van der Waals surface area contributed by atoms with Gasteiger partial charge in [0, 0.05) is 18.8 Å². The summed E-state index contributed by atoms with van der Waals surface area (Å²) in [6, 6.07) is -0.0745. The zero-order chi connectivity index (χ0) is 14.3. The lowest BCUT2D eigenvalue weighted by molar-refractivity contribution is -0.122. The van der Waals surface area contributed by atoms with Crippen LogP contribution in [0.3, 0.4) is 0 Å². The molecule has 1 aromatic rings. The molecule has 0 spiro atoms. The molecule has 19 heavy (non-hydrogen) atoms. The van der Waals surface area contributed by atoms with E-state index in [2.05, 4.69) is 29.1 Å². The smallest absolute Gasteiger partial charge is 0.220 e. The van der Waals surface area contributed by atoms with Crippen molar-refractivity contribution in [2.24, 2.45) is 17.6 Å². The van der Waals surface area contributed by atoms with Gasteiger partial charge in [0.25, 0.3) is 0 Å². The van der Waals surface area contributed by atoms with Crippen molar-refractivity contribution in [2.45, 2.75) is 46.1 Å². The maximum Gasteiger partial charge on any atom is 0.220 e. The van der Waals surface area contributed by atoms with E-state index in [9.17, 15) is 4.79 Å². The Morgan fingerprint density at radius 2 is 2.16 bits per heavy atom. The van der Waals surface area contributed by atoms with E-state index in [0.29, 0.717) is 24.8 Å². The largest absolute Gasteiger partial charge is 0.347 e. The van der Waals surface area contributed by atoms with Crippen molar-refractivity contribution in [3.05, 3.63) is 18.2 Å². The molecule has 1 heterocycles. The molecule has 0 saturated carbocycles. The Morgan fingerprint density at radius 1 is 1.42 bits per heavy atom. The third-order valence-corrected chi connectivity index (χ3v) is 3.53. The first-order chi connectivity index (χ1) is 9.04. The number of nitrogens with two attached hydrogens (primary N) is 1. The Hall–Kier alpha value is -1.36. The van der Waals surface area contributed by atoms with Crippen LogP contribution in [0.4, 0.5) is 0 Å². The van der Waals surface area contributed by atoms with Crippen molar-refractivity contribution in [1.29, 1.82) is 0 Å². The normalized spacial score (nSPS) is 14.4. The van der Waals surface area contributed by atoms with Crippen LogP contribution in [0.1, 0.15) is 51.9 Å². The highest BCUT2D eigenvalue weighted by atomic mass is 16.1. The van der Waals surface area contributed by atoms with E-state index in [1.54, 1.807) is 12.4 Å². The Bertz CT molecular complexity index is 362. The van der Waals surface area contributed by atoms with Gasteiger partial charge in [-0.25, -0.2) is 4.98 Å². The van der Waals surface area contributed by atoms with Crippen molar-refractivity contribution in [2.75, 3.05) is 6.54 Å². The average molecular weight is 266 g/mol. The number of aromatic amines is 1. The third-order valence-electron chi connectivity index (χ3n) is 3.53. The molecule has 2 unspecified atom stereocenters. The van der Waals surface area contributed by atoms with Crippen LogP contribution < -0.4 is 11.1 Å². The molecule has 0 aliphatic rings. The standard InChI is InChI=1S/C14H26N4O/c1-10(2)12(6-7-15)4-5-13(19)18-11(3)14-16-8-9-17-14/h8-12H,4-7,15H2,1-3H3,(H,16,17)(H,18,19). The zero-order valence-electron chi connectivity index (χ0n) is 12.1. The van der Waals surface area contributed by atoms with Crippen molar-refractivity contribution >= 4 is 5.91 Å². The van der Waals surface area contributed by atoms with E-state index in [0.717, 1.165) is 18.7 Å². The number of imidazole rings is 1. The molecule has 0 aromatic carbocycles. The van der Waals surface area contributed by atoms with Crippen LogP contribution in [0, 0.1) is 11.8 Å². The minimum atomic E-state index is -0.0745. The number of aromatic nitrogens is 2. The zero-order valence-corrected chi connectivity index (χ0v) is 12.1. The first-order valence-corrected chi connectivity index (χ1v) is 7.03. The molecule has 108 valence electrons. The minimum absolute atomic E-state index is 0.0745. The molecule has 0 aliphatic carbocycles. The van der Waals surface area contributed by atoms with Crippen LogP contribution in [0.15, 0.2) is 12.4 Å². The van der Waals surface area contributed by atoms with E-state index in [1.807, 2.05) is 6.92 Å². The molecular formula is C14H26N4O. The lowest BCUT2D eigenvalue weighted by atomic mass is 9.88. The summed E-state index contributed by atoms with van der Waals surface area (Å²) in [7, 11) is 0. The highest BCUT2D eigenvalue weighted by molar-refractivity contribution is 5.76. The maximum atomic E-state index is 11.9. The summed E-state index contributed by atoms with van der Waals surface area (Å²) in [5, 5.41) is 2.95. The third kappa shape index (κ3) is 5.42. The van der Waals surface area contributed by atoms with Gasteiger partial charge < -0.3 is 16.0 Å². The topological polar surface area (TPSA) is 83.8 Å². The molecule has 1 amide bonds. The second-order valence-corrected chi connectivity index (χ2v) is 5.38. The molecule has 5 heteroatoms. The average Bonchev–Trinajstić information content (AvgIpc) is 2.87. The van der Waals surface area contributed by atoms with Gasteiger partial charge in [0.2, 0.25) is 5.91 Å². The predicted molar refractivity (Wildman–Crippen MR) is 76.4 cm³/mol. The number of amides is 1. The number of carbonyl (C=O) groups is 1. The molecule has 5 nitrogen and oxygen atoms in total. The quantitative estimate of drug-likeness (QED) is 0.672. The molecule has 1 aromatic heterocycles. The van der Waals surface area contributed by atoms with Crippen LogP contribution >= 0.6 is 0 Å². The van der Waals surface area contributed by atoms with Gasteiger partial charge >= 0.3 is 0 Å². The molecule has 0 saturated heterocycles. The van der Waals surface area contributed by atoms with Gasteiger partial charge in [0.05, 0.1) is 6.04 Å². The monoisotopic (exact) mass is 266 g/mol. The maximum absolute atomic E-state index is 11.9. The fourth-order valence-corrected chi connectivity index (χ4v) is 2.24. The van der Waals surface area contributed by atoms with Crippen molar-refractivity contribution in [3.63, 3.8) is 0 Å². The predicted octanol–water partition coefficient (Wildman–Crippen LogP) is 1.99. The SMILES string of the molecule is CC(NC(=O)CCC(CCN)C(C)C)c1ncc[nH]1. The molecule has 0 radical (unpaired) electrons. The first kappa shape index (κ1) is 15.7. The summed E-state index contributed by atoms with van der Waals surface area (Å²) in [6.07, 6.45) is 5.88. The van der Waals surface area contributed by atoms with Crippen LogP contribution in [-0.2, 0) is 4.79 Å². The van der Waals surface area contributed by atoms with E-state index >= 15 is 0 Å². The number of rotatable bonds is 8. The molecule has 0 bridgehead atoms. The fraction of sp³-hybridized carbons (Fsp3) is 0.714. The molecule has 1 rings (SSSR count). The van der Waals surface area contributed by atoms with Gasteiger partial charge in [-0.3, -0.25) is 4.79 Å². The highest BCUT2D eigenvalue weighted by Crippen LogP contribution is 2.20. The van der Waals surface area contributed by atoms with Gasteiger partial charge in [0.1, 0.15) is 5.82 Å². The van der Waals surface area contributed by atoms with E-state index in [4.69, 9.17) is 5.73 Å². The van der Waals surface area contributed by atoms with Gasteiger partial charge in [-0.05, 0) is 38.1 Å². The summed E-state index contributed by atoms with van der Waals surface area (Å²) in [6.45, 7) is 6.98. The van der Waals surface area contributed by atoms with Crippen LogP contribution in [0.25, 0.3) is 0 Å². The van der Waals surface area contributed by atoms with Crippen molar-refractivity contribution < 1.29 is 4.79 Å². The summed E-state index contributed by atoms with van der Waals surface area (Å²) < 4.78 is 0. The molecule has 0 aliphatic heterocycles. The number of hydrogen-bond donors (Lipinski definition) is 3. The number of hydrogen-bond acceptors (Lipinski definition) is 3. The van der Waals surface area contributed by atoms with Gasteiger partial charge in [-0.2, -0.15) is 0 Å². The van der Waals surface area contributed by atoms with E-state index < -0.39 is 0 Å². The number of carbonyl (C=O) groups excluding carboxylic acids is 1.